The summed E-state index contributed by atoms with van der Waals surface area (Å²) in [5.74, 6) is 0.513. The maximum absolute atomic E-state index is 12.0. The van der Waals surface area contributed by atoms with Crippen LogP contribution in [0.15, 0.2) is 42.8 Å². The Labute approximate surface area is 134 Å². The van der Waals surface area contributed by atoms with Crippen molar-refractivity contribution in [2.75, 3.05) is 25.0 Å². The molecule has 1 atom stereocenters. The molecule has 1 aromatic rings. The van der Waals surface area contributed by atoms with Crippen molar-refractivity contribution in [1.29, 1.82) is 10.5 Å². The fourth-order valence-corrected chi connectivity index (χ4v) is 1.97. The molecule has 2 rings (SSSR count). The van der Waals surface area contributed by atoms with Crippen molar-refractivity contribution in [2.45, 2.75) is 6.04 Å². The van der Waals surface area contributed by atoms with Crippen molar-refractivity contribution in [3.05, 3.63) is 48.3 Å². The van der Waals surface area contributed by atoms with Crippen molar-refractivity contribution < 1.29 is 4.79 Å². The van der Waals surface area contributed by atoms with E-state index in [-0.39, 0.29) is 12.5 Å². The van der Waals surface area contributed by atoms with E-state index in [4.69, 9.17) is 10.5 Å². The van der Waals surface area contributed by atoms with Crippen LogP contribution in [0.4, 0.5) is 5.82 Å². The van der Waals surface area contributed by atoms with Crippen molar-refractivity contribution >= 4 is 11.7 Å². The van der Waals surface area contributed by atoms with Crippen molar-refractivity contribution in [3.8, 4) is 12.1 Å². The molecule has 0 aliphatic carbocycles. The fourth-order valence-electron chi connectivity index (χ4n) is 1.97. The van der Waals surface area contributed by atoms with Gasteiger partial charge in [-0.05, 0) is 24.3 Å². The SMILES string of the molecule is N#Cc1ccc(NCCNCC(=O)N2C=CC=CC2C#N)nc1. The van der Waals surface area contributed by atoms with Crippen LogP contribution in [0.1, 0.15) is 5.56 Å². The van der Waals surface area contributed by atoms with Gasteiger partial charge in [-0.1, -0.05) is 6.08 Å². The van der Waals surface area contributed by atoms with E-state index in [9.17, 15) is 4.79 Å². The van der Waals surface area contributed by atoms with Gasteiger partial charge in [0.25, 0.3) is 0 Å². The van der Waals surface area contributed by atoms with Gasteiger partial charge in [0.2, 0.25) is 5.91 Å². The Bertz CT molecular complexity index is 680. The highest BCUT2D eigenvalue weighted by atomic mass is 16.2. The zero-order valence-corrected chi connectivity index (χ0v) is 12.4. The first-order chi connectivity index (χ1) is 11.2. The van der Waals surface area contributed by atoms with Crippen LogP contribution in [0.5, 0.6) is 0 Å². The van der Waals surface area contributed by atoms with Crippen LogP contribution < -0.4 is 10.6 Å². The smallest absolute Gasteiger partial charge is 0.241 e. The average Bonchev–Trinajstić information content (AvgIpc) is 2.61. The van der Waals surface area contributed by atoms with Crippen LogP contribution in [-0.2, 0) is 4.79 Å². The summed E-state index contributed by atoms with van der Waals surface area (Å²) >= 11 is 0. The Hall–Kier alpha value is -3.16. The number of hydrogen-bond donors (Lipinski definition) is 2. The molecule has 0 saturated carbocycles. The largest absolute Gasteiger partial charge is 0.369 e. The number of carbonyl (C=O) groups excluding carboxylic acids is 1. The number of nitrogens with zero attached hydrogens (tertiary/aromatic N) is 4. The Balaban J connectivity index is 1.68. The number of amides is 1. The first kappa shape index (κ1) is 16.2. The standard InChI is InChI=1S/C16H16N6O/c17-9-13-4-5-15(21-11-13)20-7-6-19-12-16(23)22-8-2-1-3-14(22)10-18/h1-5,8,11,14,19H,6-7,12H2,(H,20,21). The monoisotopic (exact) mass is 308 g/mol. The first-order valence-corrected chi connectivity index (χ1v) is 7.11. The molecule has 0 spiro atoms. The second-order valence-electron chi connectivity index (χ2n) is 4.75. The third-order valence-corrected chi connectivity index (χ3v) is 3.15. The summed E-state index contributed by atoms with van der Waals surface area (Å²) in [6.07, 6.45) is 8.26. The molecule has 1 aliphatic rings. The molecule has 1 unspecified atom stereocenters. The van der Waals surface area contributed by atoms with Crippen LogP contribution >= 0.6 is 0 Å². The molecule has 1 aromatic heterocycles. The maximum Gasteiger partial charge on any atom is 0.241 e. The molecular weight excluding hydrogens is 292 g/mol. The second-order valence-corrected chi connectivity index (χ2v) is 4.75. The number of aromatic nitrogens is 1. The fraction of sp³-hybridized carbons (Fsp3) is 0.250. The van der Waals surface area contributed by atoms with Gasteiger partial charge < -0.3 is 10.6 Å². The lowest BCUT2D eigenvalue weighted by Crippen LogP contribution is -2.41. The van der Waals surface area contributed by atoms with Gasteiger partial charge in [0.15, 0.2) is 0 Å². The van der Waals surface area contributed by atoms with Gasteiger partial charge in [-0.25, -0.2) is 4.98 Å². The molecular formula is C16H16N6O. The van der Waals surface area contributed by atoms with Gasteiger partial charge in [-0.15, -0.1) is 0 Å². The molecule has 116 valence electrons. The minimum absolute atomic E-state index is 0.152. The predicted molar refractivity (Wildman–Crippen MR) is 84.8 cm³/mol. The number of pyridine rings is 1. The van der Waals surface area contributed by atoms with Gasteiger partial charge in [0.05, 0.1) is 18.2 Å². The number of carbonyl (C=O) groups is 1. The Morgan fingerprint density at radius 1 is 1.30 bits per heavy atom. The molecule has 0 aromatic carbocycles. The summed E-state index contributed by atoms with van der Waals surface area (Å²) < 4.78 is 0. The number of anilines is 1. The van der Waals surface area contributed by atoms with Crippen LogP contribution in [-0.4, -0.2) is 41.5 Å². The van der Waals surface area contributed by atoms with Gasteiger partial charge in [-0.2, -0.15) is 10.5 Å². The summed E-state index contributed by atoms with van der Waals surface area (Å²) in [5, 5.41) is 23.8. The topological polar surface area (TPSA) is 105 Å². The summed E-state index contributed by atoms with van der Waals surface area (Å²) in [6.45, 7) is 1.31. The lowest BCUT2D eigenvalue weighted by molar-refractivity contribution is -0.128. The minimum atomic E-state index is -0.546. The molecule has 23 heavy (non-hydrogen) atoms. The van der Waals surface area contributed by atoms with E-state index in [1.165, 1.54) is 11.1 Å². The summed E-state index contributed by atoms with van der Waals surface area (Å²) in [5.41, 5.74) is 0.509. The summed E-state index contributed by atoms with van der Waals surface area (Å²) in [7, 11) is 0. The third-order valence-electron chi connectivity index (χ3n) is 3.15. The van der Waals surface area contributed by atoms with Crippen LogP contribution in [0.2, 0.25) is 0 Å². The van der Waals surface area contributed by atoms with Gasteiger partial charge in [0.1, 0.15) is 17.9 Å². The lowest BCUT2D eigenvalue weighted by Gasteiger charge is -2.23. The average molecular weight is 308 g/mol. The number of rotatable bonds is 6. The maximum atomic E-state index is 12.0. The highest BCUT2D eigenvalue weighted by Gasteiger charge is 2.19. The highest BCUT2D eigenvalue weighted by molar-refractivity contribution is 5.80. The van der Waals surface area contributed by atoms with E-state index in [0.29, 0.717) is 24.5 Å². The van der Waals surface area contributed by atoms with E-state index >= 15 is 0 Å². The molecule has 0 bridgehead atoms. The second kappa shape index (κ2) is 8.32. The van der Waals surface area contributed by atoms with Gasteiger partial charge in [0, 0.05) is 25.5 Å². The molecule has 0 radical (unpaired) electrons. The molecule has 0 saturated heterocycles. The van der Waals surface area contributed by atoms with E-state index in [1.807, 2.05) is 6.07 Å². The molecule has 7 heteroatoms. The Morgan fingerprint density at radius 2 is 2.17 bits per heavy atom. The summed E-state index contributed by atoms with van der Waals surface area (Å²) in [6, 6.07) is 6.93. The van der Waals surface area contributed by atoms with Crippen LogP contribution in [0.3, 0.4) is 0 Å². The van der Waals surface area contributed by atoms with Gasteiger partial charge in [-0.3, -0.25) is 9.69 Å². The molecule has 2 heterocycles. The van der Waals surface area contributed by atoms with Crippen molar-refractivity contribution in [3.63, 3.8) is 0 Å². The van der Waals surface area contributed by atoms with E-state index < -0.39 is 6.04 Å². The summed E-state index contributed by atoms with van der Waals surface area (Å²) in [4.78, 5) is 17.5. The number of hydrogen-bond acceptors (Lipinski definition) is 6. The van der Waals surface area contributed by atoms with E-state index in [1.54, 1.807) is 36.6 Å². The Morgan fingerprint density at radius 3 is 2.87 bits per heavy atom. The third kappa shape index (κ3) is 4.67. The Kier molecular flexibility index (Phi) is 5.87. The minimum Gasteiger partial charge on any atom is -0.369 e. The molecule has 1 aliphatic heterocycles. The molecule has 1 amide bonds. The number of allylic oxidation sites excluding steroid dienone is 2. The highest BCUT2D eigenvalue weighted by Crippen LogP contribution is 2.07. The van der Waals surface area contributed by atoms with Crippen molar-refractivity contribution in [2.24, 2.45) is 0 Å². The van der Waals surface area contributed by atoms with Crippen LogP contribution in [0, 0.1) is 22.7 Å². The molecule has 2 N–H and O–H groups in total. The normalized spacial score (nSPS) is 15.7. The van der Waals surface area contributed by atoms with E-state index in [2.05, 4.69) is 21.7 Å². The van der Waals surface area contributed by atoms with Crippen LogP contribution in [0.25, 0.3) is 0 Å². The van der Waals surface area contributed by atoms with E-state index in [0.717, 1.165) is 0 Å². The zero-order chi connectivity index (χ0) is 16.5. The van der Waals surface area contributed by atoms with Gasteiger partial charge >= 0.3 is 0 Å². The lowest BCUT2D eigenvalue weighted by atomic mass is 10.2. The number of nitriles is 2. The zero-order valence-electron chi connectivity index (χ0n) is 12.4. The quantitative estimate of drug-likeness (QED) is 0.752. The first-order valence-electron chi connectivity index (χ1n) is 7.11. The predicted octanol–water partition coefficient (Wildman–Crippen LogP) is 0.759. The number of nitrogens with one attached hydrogen (secondary N) is 2. The molecule has 0 fully saturated rings. The van der Waals surface area contributed by atoms with Crippen molar-refractivity contribution in [1.82, 2.24) is 15.2 Å². The molecule has 7 nitrogen and oxygen atoms in total.